The normalized spacial score (nSPS) is 24.1. The molecule has 3 atom stereocenters. The maximum Gasteiger partial charge on any atom is 0.255 e. The Bertz CT molecular complexity index is 1110. The molecule has 3 unspecified atom stereocenters. The number of aliphatic hydroxyl groups is 1. The third kappa shape index (κ3) is 4.20. The van der Waals surface area contributed by atoms with Gasteiger partial charge in [0, 0.05) is 24.3 Å². The van der Waals surface area contributed by atoms with Gasteiger partial charge in [-0.1, -0.05) is 11.6 Å². The van der Waals surface area contributed by atoms with Crippen LogP contribution in [0.3, 0.4) is 0 Å². The molecule has 1 saturated carbocycles. The number of β-amino-alcohol motifs (C(OH)–C–C–N with tert-alkyl or cyclic N) is 1. The molecule has 2 fully saturated rings. The third-order valence-electron chi connectivity index (χ3n) is 5.49. The van der Waals surface area contributed by atoms with E-state index in [-0.39, 0.29) is 35.3 Å². The lowest BCUT2D eigenvalue weighted by Gasteiger charge is -2.23. The lowest BCUT2D eigenvalue weighted by atomic mass is 10.2. The van der Waals surface area contributed by atoms with Crippen LogP contribution in [0.25, 0.3) is 0 Å². The molecule has 1 amide bonds. The third-order valence-corrected chi connectivity index (χ3v) is 7.62. The second-order valence-electron chi connectivity index (χ2n) is 7.70. The van der Waals surface area contributed by atoms with Crippen molar-refractivity contribution < 1.29 is 27.1 Å². The fourth-order valence-corrected chi connectivity index (χ4v) is 5.58. The Balaban J connectivity index is 1.60. The van der Waals surface area contributed by atoms with Crippen LogP contribution in [-0.2, 0) is 10.0 Å². The van der Waals surface area contributed by atoms with E-state index in [9.17, 15) is 27.1 Å². The summed E-state index contributed by atoms with van der Waals surface area (Å²) in [5.74, 6) is -1.88. The number of hydrogen-bond acceptors (Lipinski definition) is 4. The zero-order valence-electron chi connectivity index (χ0n) is 15.7. The molecular weight excluding hydrogens is 438 g/mol. The average Bonchev–Trinajstić information content (AvgIpc) is 3.42. The molecule has 1 aliphatic heterocycles. The van der Waals surface area contributed by atoms with Crippen molar-refractivity contribution in [2.75, 3.05) is 18.4 Å². The number of hydrogen-bond donors (Lipinski definition) is 2. The monoisotopic (exact) mass is 456 g/mol. The van der Waals surface area contributed by atoms with Crippen LogP contribution in [0.15, 0.2) is 41.3 Å². The maximum absolute atomic E-state index is 14.5. The molecule has 0 radical (unpaired) electrons. The number of anilines is 1. The van der Waals surface area contributed by atoms with Gasteiger partial charge in [0.1, 0.15) is 16.5 Å². The highest BCUT2D eigenvalue weighted by atomic mass is 35.5. The van der Waals surface area contributed by atoms with Crippen LogP contribution in [0.4, 0.5) is 14.5 Å². The summed E-state index contributed by atoms with van der Waals surface area (Å²) in [6, 6.07) is 6.61. The number of halogens is 3. The second-order valence-corrected chi connectivity index (χ2v) is 10.0. The van der Waals surface area contributed by atoms with Gasteiger partial charge in [-0.05, 0) is 61.1 Å². The molecule has 6 nitrogen and oxygen atoms in total. The van der Waals surface area contributed by atoms with Crippen LogP contribution in [0, 0.1) is 23.5 Å². The van der Waals surface area contributed by atoms with Gasteiger partial charge in [-0.3, -0.25) is 4.79 Å². The quantitative estimate of drug-likeness (QED) is 0.739. The van der Waals surface area contributed by atoms with E-state index in [1.807, 2.05) is 0 Å². The van der Waals surface area contributed by atoms with E-state index in [0.717, 1.165) is 35.0 Å². The summed E-state index contributed by atoms with van der Waals surface area (Å²) in [5, 5.41) is 12.4. The topological polar surface area (TPSA) is 86.7 Å². The van der Waals surface area contributed by atoms with Gasteiger partial charge in [0.05, 0.1) is 11.1 Å². The van der Waals surface area contributed by atoms with Gasteiger partial charge in [-0.25, -0.2) is 17.2 Å². The van der Waals surface area contributed by atoms with Crippen molar-refractivity contribution in [3.63, 3.8) is 0 Å². The predicted molar refractivity (Wildman–Crippen MR) is 107 cm³/mol. The minimum atomic E-state index is -4.25. The number of benzene rings is 2. The molecule has 2 aromatic carbocycles. The second kappa shape index (κ2) is 7.88. The number of rotatable bonds is 4. The van der Waals surface area contributed by atoms with E-state index in [0.29, 0.717) is 12.3 Å². The Morgan fingerprint density at radius 2 is 1.80 bits per heavy atom. The van der Waals surface area contributed by atoms with Gasteiger partial charge in [0.2, 0.25) is 10.0 Å². The predicted octanol–water partition coefficient (Wildman–Crippen LogP) is 3.26. The summed E-state index contributed by atoms with van der Waals surface area (Å²) in [6.45, 7) is 0.104. The summed E-state index contributed by atoms with van der Waals surface area (Å²) in [7, 11) is -4.25. The van der Waals surface area contributed by atoms with Crippen LogP contribution in [-0.4, -0.2) is 42.9 Å². The molecular formula is C20H19ClF2N2O4S. The summed E-state index contributed by atoms with van der Waals surface area (Å²) in [5.41, 5.74) is 0.116. The Hall–Kier alpha value is -2.07. The van der Waals surface area contributed by atoms with Crippen molar-refractivity contribution in [1.29, 1.82) is 0 Å². The molecule has 1 heterocycles. The number of sulfonamides is 1. The van der Waals surface area contributed by atoms with Gasteiger partial charge in [0.25, 0.3) is 5.91 Å². The summed E-state index contributed by atoms with van der Waals surface area (Å²) < 4.78 is 55.0. The zero-order chi connectivity index (χ0) is 21.6. The van der Waals surface area contributed by atoms with Crippen LogP contribution >= 0.6 is 11.6 Å². The number of nitrogens with zero attached hydrogens (tertiary/aromatic N) is 1. The van der Waals surface area contributed by atoms with Crippen LogP contribution in [0.5, 0.6) is 0 Å². The van der Waals surface area contributed by atoms with E-state index >= 15 is 0 Å². The minimum Gasteiger partial charge on any atom is -0.392 e. The van der Waals surface area contributed by atoms with E-state index in [4.69, 9.17) is 11.6 Å². The van der Waals surface area contributed by atoms with Crippen LogP contribution in [0.1, 0.15) is 23.2 Å². The molecule has 30 heavy (non-hydrogen) atoms. The first-order valence-electron chi connectivity index (χ1n) is 9.39. The number of amides is 1. The van der Waals surface area contributed by atoms with E-state index in [1.165, 1.54) is 12.1 Å². The van der Waals surface area contributed by atoms with Gasteiger partial charge >= 0.3 is 0 Å². The molecule has 0 spiro atoms. The van der Waals surface area contributed by atoms with Crippen molar-refractivity contribution in [1.82, 2.24) is 4.31 Å². The van der Waals surface area contributed by atoms with Crippen LogP contribution in [0.2, 0.25) is 5.02 Å². The SMILES string of the molecule is O=C(Nc1ccc(F)c(Cl)c1)c1ccc(F)c(S(=O)(=O)N2CC(O)CC3CC3C2)c1. The Kier molecular flexibility index (Phi) is 5.56. The first-order valence-corrected chi connectivity index (χ1v) is 11.2. The van der Waals surface area contributed by atoms with E-state index in [1.54, 1.807) is 0 Å². The fraction of sp³-hybridized carbons (Fsp3) is 0.350. The molecule has 0 bridgehead atoms. The van der Waals surface area contributed by atoms with E-state index in [2.05, 4.69) is 5.32 Å². The highest BCUT2D eigenvalue weighted by molar-refractivity contribution is 7.89. The van der Waals surface area contributed by atoms with Crippen molar-refractivity contribution >= 4 is 33.2 Å². The molecule has 1 aliphatic carbocycles. The van der Waals surface area contributed by atoms with Gasteiger partial charge in [-0.15, -0.1) is 0 Å². The van der Waals surface area contributed by atoms with Gasteiger partial charge in [-0.2, -0.15) is 4.31 Å². The molecule has 10 heteroatoms. The summed E-state index contributed by atoms with van der Waals surface area (Å²) >= 11 is 5.69. The number of carbonyl (C=O) groups excluding carboxylic acids is 1. The Labute approximate surface area is 177 Å². The first kappa shape index (κ1) is 21.2. The largest absolute Gasteiger partial charge is 0.392 e. The van der Waals surface area contributed by atoms with Gasteiger partial charge < -0.3 is 10.4 Å². The molecule has 0 aromatic heterocycles. The van der Waals surface area contributed by atoms with Gasteiger partial charge in [0.15, 0.2) is 0 Å². The number of carbonyl (C=O) groups is 1. The summed E-state index contributed by atoms with van der Waals surface area (Å²) in [6.07, 6.45) is 0.561. The Morgan fingerprint density at radius 3 is 2.53 bits per heavy atom. The lowest BCUT2D eigenvalue weighted by Crippen LogP contribution is -2.38. The Morgan fingerprint density at radius 1 is 1.07 bits per heavy atom. The molecule has 2 aliphatic rings. The van der Waals surface area contributed by atoms with Crippen molar-refractivity contribution in [3.8, 4) is 0 Å². The average molecular weight is 457 g/mol. The smallest absolute Gasteiger partial charge is 0.255 e. The minimum absolute atomic E-state index is 0.0879. The number of fused-ring (bicyclic) bond motifs is 1. The lowest BCUT2D eigenvalue weighted by molar-refractivity contribution is 0.102. The molecule has 1 saturated heterocycles. The molecule has 2 N–H and O–H groups in total. The first-order chi connectivity index (χ1) is 14.1. The standard InChI is InChI=1S/C20H19ClF2N2O4S/c21-16-8-14(2-4-17(16)22)24-20(27)11-1-3-18(23)19(7-11)30(28,29)25-9-13-5-12(13)6-15(26)10-25/h1-4,7-8,12-13,15,26H,5-6,9-10H2,(H,24,27). The molecule has 160 valence electrons. The van der Waals surface area contributed by atoms with Crippen molar-refractivity contribution in [3.05, 3.63) is 58.6 Å². The van der Waals surface area contributed by atoms with E-state index < -0.39 is 38.6 Å². The number of nitrogens with one attached hydrogen (secondary N) is 1. The number of aliphatic hydroxyl groups excluding tert-OH is 1. The highest BCUT2D eigenvalue weighted by Gasteiger charge is 2.45. The molecule has 4 rings (SSSR count). The van der Waals surface area contributed by atoms with Crippen molar-refractivity contribution in [2.45, 2.75) is 23.8 Å². The maximum atomic E-state index is 14.5. The molecule has 2 aromatic rings. The van der Waals surface area contributed by atoms with Crippen LogP contribution < -0.4 is 5.32 Å². The summed E-state index contributed by atoms with van der Waals surface area (Å²) in [4.78, 5) is 11.9. The zero-order valence-corrected chi connectivity index (χ0v) is 17.3. The van der Waals surface area contributed by atoms with Crippen molar-refractivity contribution in [2.24, 2.45) is 11.8 Å². The highest BCUT2D eigenvalue weighted by Crippen LogP contribution is 2.45. The fourth-order valence-electron chi connectivity index (χ4n) is 3.77.